The van der Waals surface area contributed by atoms with Gasteiger partial charge in [-0.3, -0.25) is 4.79 Å². The van der Waals surface area contributed by atoms with Gasteiger partial charge >= 0.3 is 0 Å². The number of carbonyl (C=O) groups excluding carboxylic acids is 1. The van der Waals surface area contributed by atoms with Gasteiger partial charge < -0.3 is 10.1 Å². The highest BCUT2D eigenvalue weighted by Gasteiger charge is 2.13. The van der Waals surface area contributed by atoms with Crippen molar-refractivity contribution < 1.29 is 9.53 Å². The molecule has 2 aromatic heterocycles. The van der Waals surface area contributed by atoms with E-state index in [-0.39, 0.29) is 5.91 Å². The molecule has 4 rings (SSSR count). The highest BCUT2D eigenvalue weighted by atomic mass is 16.5. The molecule has 0 fully saturated rings. The first-order valence-corrected chi connectivity index (χ1v) is 10.8. The van der Waals surface area contributed by atoms with Gasteiger partial charge in [0.1, 0.15) is 11.6 Å². The van der Waals surface area contributed by atoms with E-state index in [9.17, 15) is 4.79 Å². The zero-order valence-corrected chi connectivity index (χ0v) is 19.7. The number of nitrogens with one attached hydrogen (secondary N) is 1. The van der Waals surface area contributed by atoms with Gasteiger partial charge in [0.2, 0.25) is 5.88 Å². The highest BCUT2D eigenvalue weighted by molar-refractivity contribution is 6.04. The summed E-state index contributed by atoms with van der Waals surface area (Å²) in [5, 5.41) is 7.50. The minimum atomic E-state index is -0.147. The molecule has 0 saturated carbocycles. The Bertz CT molecular complexity index is 1320. The topological polar surface area (TPSA) is 81.9 Å². The molecule has 2 heterocycles. The molecule has 2 aromatic carbocycles. The lowest BCUT2D eigenvalue weighted by Crippen LogP contribution is -2.12. The maximum Gasteiger partial charge on any atom is 0.255 e. The van der Waals surface area contributed by atoms with E-state index in [0.717, 1.165) is 28.1 Å². The summed E-state index contributed by atoms with van der Waals surface area (Å²) in [6.07, 6.45) is 0. The molecule has 0 aliphatic heterocycles. The second-order valence-corrected chi connectivity index (χ2v) is 8.28. The molecule has 0 atom stereocenters. The maximum atomic E-state index is 12.6. The minimum Gasteiger partial charge on any atom is -0.439 e. The van der Waals surface area contributed by atoms with Crippen LogP contribution in [0.4, 0.5) is 5.69 Å². The van der Waals surface area contributed by atoms with E-state index in [2.05, 4.69) is 20.4 Å². The van der Waals surface area contributed by atoms with Crippen LogP contribution in [0.5, 0.6) is 11.6 Å². The van der Waals surface area contributed by atoms with Gasteiger partial charge in [0.15, 0.2) is 5.82 Å². The van der Waals surface area contributed by atoms with Crippen molar-refractivity contribution in [1.82, 2.24) is 19.7 Å². The second-order valence-electron chi connectivity index (χ2n) is 8.28. The third-order valence-electron chi connectivity index (χ3n) is 5.49. The standard InChI is InChI=1S/C26H27N5O2/c1-15-11-16(2)13-21(12-15)26(32)29-22-7-9-23(10-8-22)33-25-14-24(27-20(6)28-25)31-19(5)17(3)18(4)30-31/h7-14H,1-6H3,(H,29,32). The highest BCUT2D eigenvalue weighted by Crippen LogP contribution is 2.24. The Morgan fingerprint density at radius 1 is 0.879 bits per heavy atom. The largest absolute Gasteiger partial charge is 0.439 e. The zero-order valence-electron chi connectivity index (χ0n) is 19.7. The molecule has 0 aliphatic rings. The van der Waals surface area contributed by atoms with Gasteiger partial charge in [0, 0.05) is 23.0 Å². The SMILES string of the molecule is Cc1cc(C)cc(C(=O)Nc2ccc(Oc3cc(-n4nc(C)c(C)c4C)nc(C)n3)cc2)c1. The van der Waals surface area contributed by atoms with Crippen molar-refractivity contribution in [3.8, 4) is 17.4 Å². The third-order valence-corrected chi connectivity index (χ3v) is 5.49. The van der Waals surface area contributed by atoms with Gasteiger partial charge in [-0.25, -0.2) is 9.67 Å². The van der Waals surface area contributed by atoms with Crippen molar-refractivity contribution in [2.24, 2.45) is 0 Å². The number of rotatable bonds is 5. The number of amides is 1. The quantitative estimate of drug-likeness (QED) is 0.439. The number of benzene rings is 2. The first kappa shape index (κ1) is 22.2. The maximum absolute atomic E-state index is 12.6. The Kier molecular flexibility index (Phi) is 5.96. The van der Waals surface area contributed by atoms with Gasteiger partial charge in [-0.05, 0) is 83.5 Å². The minimum absolute atomic E-state index is 0.147. The molecule has 4 aromatic rings. The lowest BCUT2D eigenvalue weighted by molar-refractivity contribution is 0.102. The van der Waals surface area contributed by atoms with Gasteiger partial charge in [-0.2, -0.15) is 10.1 Å². The van der Waals surface area contributed by atoms with Gasteiger partial charge in [-0.15, -0.1) is 0 Å². The van der Waals surface area contributed by atoms with E-state index < -0.39 is 0 Å². The van der Waals surface area contributed by atoms with E-state index in [0.29, 0.717) is 34.5 Å². The molecule has 0 radical (unpaired) electrons. The molecule has 0 spiro atoms. The van der Waals surface area contributed by atoms with Crippen molar-refractivity contribution in [1.29, 1.82) is 0 Å². The molecule has 33 heavy (non-hydrogen) atoms. The molecule has 7 nitrogen and oxygen atoms in total. The number of hydrogen-bond donors (Lipinski definition) is 1. The van der Waals surface area contributed by atoms with Crippen LogP contribution in [0.15, 0.2) is 48.5 Å². The van der Waals surface area contributed by atoms with Crippen LogP contribution < -0.4 is 10.1 Å². The average molecular weight is 442 g/mol. The molecule has 1 amide bonds. The van der Waals surface area contributed by atoms with Crippen LogP contribution in [0.2, 0.25) is 0 Å². The lowest BCUT2D eigenvalue weighted by Gasteiger charge is -2.10. The van der Waals surface area contributed by atoms with Crippen LogP contribution in [-0.2, 0) is 0 Å². The summed E-state index contributed by atoms with van der Waals surface area (Å²) in [7, 11) is 0. The number of nitrogens with zero attached hydrogens (tertiary/aromatic N) is 4. The lowest BCUT2D eigenvalue weighted by atomic mass is 10.1. The first-order chi connectivity index (χ1) is 15.7. The Hall–Kier alpha value is -4.00. The second kappa shape index (κ2) is 8.86. The molecule has 0 aliphatic carbocycles. The van der Waals surface area contributed by atoms with E-state index >= 15 is 0 Å². The molecule has 0 bridgehead atoms. The summed E-state index contributed by atoms with van der Waals surface area (Å²) in [4.78, 5) is 21.5. The van der Waals surface area contributed by atoms with Crippen molar-refractivity contribution >= 4 is 11.6 Å². The first-order valence-electron chi connectivity index (χ1n) is 10.8. The molecular formula is C26H27N5O2. The van der Waals surface area contributed by atoms with Crippen LogP contribution >= 0.6 is 0 Å². The molecule has 7 heteroatoms. The zero-order chi connectivity index (χ0) is 23.7. The summed E-state index contributed by atoms with van der Waals surface area (Å²) in [6.45, 7) is 11.8. The predicted octanol–water partition coefficient (Wildman–Crippen LogP) is 5.56. The number of aromatic nitrogens is 4. The summed E-state index contributed by atoms with van der Waals surface area (Å²) < 4.78 is 7.77. The summed E-state index contributed by atoms with van der Waals surface area (Å²) in [5.74, 6) is 2.13. The van der Waals surface area contributed by atoms with Gasteiger partial charge in [0.05, 0.1) is 5.69 Å². The molecule has 168 valence electrons. The summed E-state index contributed by atoms with van der Waals surface area (Å²) in [5.41, 5.74) is 6.55. The molecule has 0 unspecified atom stereocenters. The fourth-order valence-electron chi connectivity index (χ4n) is 3.67. The smallest absolute Gasteiger partial charge is 0.255 e. The van der Waals surface area contributed by atoms with Crippen LogP contribution in [0, 0.1) is 41.5 Å². The van der Waals surface area contributed by atoms with Crippen molar-refractivity contribution in [2.45, 2.75) is 41.5 Å². The van der Waals surface area contributed by atoms with Crippen LogP contribution in [0.3, 0.4) is 0 Å². The number of aryl methyl sites for hydroxylation is 4. The monoisotopic (exact) mass is 441 g/mol. The van der Waals surface area contributed by atoms with E-state index in [4.69, 9.17) is 4.74 Å². The average Bonchev–Trinajstić information content (AvgIpc) is 3.01. The Balaban J connectivity index is 1.50. The molecular weight excluding hydrogens is 414 g/mol. The fraction of sp³-hybridized carbons (Fsp3) is 0.231. The number of carbonyl (C=O) groups is 1. The van der Waals surface area contributed by atoms with E-state index in [1.807, 2.05) is 59.7 Å². The van der Waals surface area contributed by atoms with Crippen LogP contribution in [0.1, 0.15) is 44.3 Å². The number of ether oxygens (including phenoxy) is 1. The van der Waals surface area contributed by atoms with Gasteiger partial charge in [-0.1, -0.05) is 17.2 Å². The third kappa shape index (κ3) is 4.92. The Labute approximate surface area is 193 Å². The Morgan fingerprint density at radius 2 is 1.55 bits per heavy atom. The summed E-state index contributed by atoms with van der Waals surface area (Å²) >= 11 is 0. The van der Waals surface area contributed by atoms with Crippen LogP contribution in [0.25, 0.3) is 5.82 Å². The fourth-order valence-corrected chi connectivity index (χ4v) is 3.67. The molecule has 0 saturated heterocycles. The number of hydrogen-bond acceptors (Lipinski definition) is 5. The number of anilines is 1. The molecule has 1 N–H and O–H groups in total. The van der Waals surface area contributed by atoms with E-state index in [1.165, 1.54) is 0 Å². The normalized spacial score (nSPS) is 10.8. The van der Waals surface area contributed by atoms with Crippen molar-refractivity contribution in [3.05, 3.63) is 88.0 Å². The van der Waals surface area contributed by atoms with E-state index in [1.54, 1.807) is 35.0 Å². The Morgan fingerprint density at radius 3 is 2.15 bits per heavy atom. The van der Waals surface area contributed by atoms with Crippen molar-refractivity contribution in [2.75, 3.05) is 5.32 Å². The van der Waals surface area contributed by atoms with Gasteiger partial charge in [0.25, 0.3) is 5.91 Å². The van der Waals surface area contributed by atoms with Crippen LogP contribution in [-0.4, -0.2) is 25.7 Å². The van der Waals surface area contributed by atoms with Crippen molar-refractivity contribution in [3.63, 3.8) is 0 Å². The predicted molar refractivity (Wildman–Crippen MR) is 128 cm³/mol. The summed E-state index contributed by atoms with van der Waals surface area (Å²) in [6, 6.07) is 14.7.